The van der Waals surface area contributed by atoms with E-state index >= 15 is 0 Å². The largest absolute Gasteiger partial charge is 0.493 e. The van der Waals surface area contributed by atoms with Crippen molar-refractivity contribution in [2.24, 2.45) is 0 Å². The highest BCUT2D eigenvalue weighted by molar-refractivity contribution is 7.92. The third kappa shape index (κ3) is 3.88. The predicted octanol–water partition coefficient (Wildman–Crippen LogP) is 2.08. The van der Waals surface area contributed by atoms with Crippen molar-refractivity contribution in [2.75, 3.05) is 18.9 Å². The molecule has 0 aliphatic carbocycles. The second-order valence-corrected chi connectivity index (χ2v) is 6.75. The first kappa shape index (κ1) is 17.9. The standard InChI is InChI=1S/C16H20N2O5S/c1-4-9-18-11-12(5-8-16(18)19)17-24(20,21)13-6-7-14(22-2)15(10-13)23-3/h5-8,10-11,17H,4,9H2,1-3H3. The van der Waals surface area contributed by atoms with E-state index < -0.39 is 10.0 Å². The summed E-state index contributed by atoms with van der Waals surface area (Å²) < 4.78 is 39.2. The molecule has 0 saturated carbocycles. The molecule has 0 radical (unpaired) electrons. The Morgan fingerprint density at radius 2 is 1.79 bits per heavy atom. The summed E-state index contributed by atoms with van der Waals surface area (Å²) in [6.45, 7) is 2.46. The molecule has 1 aromatic carbocycles. The van der Waals surface area contributed by atoms with Gasteiger partial charge >= 0.3 is 0 Å². The molecule has 0 unspecified atom stereocenters. The summed E-state index contributed by atoms with van der Waals surface area (Å²) in [5, 5.41) is 0. The van der Waals surface area contributed by atoms with Gasteiger partial charge in [-0.25, -0.2) is 8.42 Å². The molecular formula is C16H20N2O5S. The van der Waals surface area contributed by atoms with Crippen molar-refractivity contribution in [1.29, 1.82) is 0 Å². The van der Waals surface area contributed by atoms with Gasteiger partial charge in [-0.1, -0.05) is 6.92 Å². The van der Waals surface area contributed by atoms with Crippen LogP contribution in [0.25, 0.3) is 0 Å². The molecule has 2 aromatic rings. The maximum Gasteiger partial charge on any atom is 0.262 e. The summed E-state index contributed by atoms with van der Waals surface area (Å²) in [4.78, 5) is 11.7. The molecule has 1 heterocycles. The van der Waals surface area contributed by atoms with Crippen LogP contribution in [-0.4, -0.2) is 27.2 Å². The van der Waals surface area contributed by atoms with Crippen LogP contribution in [-0.2, 0) is 16.6 Å². The topological polar surface area (TPSA) is 86.6 Å². The SMILES string of the molecule is CCCn1cc(NS(=O)(=O)c2ccc(OC)c(OC)c2)ccc1=O. The third-order valence-electron chi connectivity index (χ3n) is 3.37. The molecule has 0 aliphatic rings. The van der Waals surface area contributed by atoms with Crippen LogP contribution in [0.3, 0.4) is 0 Å². The Bertz CT molecular complexity index is 874. The maximum atomic E-state index is 12.5. The van der Waals surface area contributed by atoms with Crippen LogP contribution in [0.5, 0.6) is 11.5 Å². The minimum atomic E-state index is -3.82. The fourth-order valence-corrected chi connectivity index (χ4v) is 3.26. The number of nitrogens with one attached hydrogen (secondary N) is 1. The number of benzene rings is 1. The molecule has 0 spiro atoms. The zero-order valence-corrected chi connectivity index (χ0v) is 14.6. The van der Waals surface area contributed by atoms with Crippen LogP contribution in [0, 0.1) is 0 Å². The Labute approximate surface area is 140 Å². The highest BCUT2D eigenvalue weighted by atomic mass is 32.2. The number of ether oxygens (including phenoxy) is 2. The molecule has 0 amide bonds. The second-order valence-electron chi connectivity index (χ2n) is 5.07. The van der Waals surface area contributed by atoms with E-state index in [4.69, 9.17) is 9.47 Å². The van der Waals surface area contributed by atoms with Gasteiger partial charge in [0.15, 0.2) is 11.5 Å². The lowest BCUT2D eigenvalue weighted by atomic mass is 10.3. The smallest absolute Gasteiger partial charge is 0.262 e. The number of sulfonamides is 1. The lowest BCUT2D eigenvalue weighted by molar-refractivity contribution is 0.354. The van der Waals surface area contributed by atoms with E-state index in [1.807, 2.05) is 6.92 Å². The van der Waals surface area contributed by atoms with Gasteiger partial charge in [-0.15, -0.1) is 0 Å². The van der Waals surface area contributed by atoms with Crippen LogP contribution >= 0.6 is 0 Å². The van der Waals surface area contributed by atoms with Crippen molar-refractivity contribution in [3.05, 3.63) is 46.9 Å². The van der Waals surface area contributed by atoms with Gasteiger partial charge in [0.2, 0.25) is 0 Å². The number of rotatable bonds is 7. The molecular weight excluding hydrogens is 332 g/mol. The Hall–Kier alpha value is -2.48. The van der Waals surface area contributed by atoms with Crippen LogP contribution in [0.15, 0.2) is 46.2 Å². The number of aryl methyl sites for hydroxylation is 1. The highest BCUT2D eigenvalue weighted by Crippen LogP contribution is 2.30. The lowest BCUT2D eigenvalue weighted by Gasteiger charge is -2.12. The number of hydrogen-bond donors (Lipinski definition) is 1. The second kappa shape index (κ2) is 7.39. The van der Waals surface area contributed by atoms with Gasteiger partial charge in [0.25, 0.3) is 15.6 Å². The average molecular weight is 352 g/mol. The van der Waals surface area contributed by atoms with E-state index in [1.165, 1.54) is 55.3 Å². The van der Waals surface area contributed by atoms with E-state index in [2.05, 4.69) is 4.72 Å². The Morgan fingerprint density at radius 1 is 1.08 bits per heavy atom. The number of nitrogens with zero attached hydrogens (tertiary/aromatic N) is 1. The summed E-state index contributed by atoms with van der Waals surface area (Å²) in [6, 6.07) is 7.09. The van der Waals surface area contributed by atoms with E-state index in [0.29, 0.717) is 23.7 Å². The maximum absolute atomic E-state index is 12.5. The highest BCUT2D eigenvalue weighted by Gasteiger charge is 2.17. The molecule has 0 saturated heterocycles. The zero-order valence-electron chi connectivity index (χ0n) is 13.8. The first-order valence-electron chi connectivity index (χ1n) is 7.36. The first-order valence-corrected chi connectivity index (χ1v) is 8.85. The van der Waals surface area contributed by atoms with Crippen molar-refractivity contribution in [2.45, 2.75) is 24.8 Å². The third-order valence-corrected chi connectivity index (χ3v) is 4.74. The van der Waals surface area contributed by atoms with Gasteiger partial charge < -0.3 is 14.0 Å². The molecule has 1 N–H and O–H groups in total. The van der Waals surface area contributed by atoms with Crippen molar-refractivity contribution in [3.63, 3.8) is 0 Å². The Morgan fingerprint density at radius 3 is 2.42 bits per heavy atom. The normalized spacial score (nSPS) is 11.1. The first-order chi connectivity index (χ1) is 11.4. The number of anilines is 1. The molecule has 0 fully saturated rings. The van der Waals surface area contributed by atoms with E-state index in [1.54, 1.807) is 0 Å². The molecule has 8 heteroatoms. The summed E-state index contributed by atoms with van der Waals surface area (Å²) in [5.41, 5.74) is 0.142. The molecule has 24 heavy (non-hydrogen) atoms. The number of methoxy groups -OCH3 is 2. The van der Waals surface area contributed by atoms with E-state index in [-0.39, 0.29) is 10.5 Å². The number of aromatic nitrogens is 1. The van der Waals surface area contributed by atoms with Gasteiger partial charge in [0, 0.05) is 24.9 Å². The van der Waals surface area contributed by atoms with Gasteiger partial charge in [-0.2, -0.15) is 0 Å². The summed E-state index contributed by atoms with van der Waals surface area (Å²) in [7, 11) is -0.910. The molecule has 130 valence electrons. The van der Waals surface area contributed by atoms with E-state index in [9.17, 15) is 13.2 Å². The fourth-order valence-electron chi connectivity index (χ4n) is 2.21. The van der Waals surface area contributed by atoms with Crippen molar-refractivity contribution < 1.29 is 17.9 Å². The average Bonchev–Trinajstić information content (AvgIpc) is 2.57. The number of pyridine rings is 1. The van der Waals surface area contributed by atoms with Gasteiger partial charge in [0.05, 0.1) is 24.8 Å². The zero-order chi connectivity index (χ0) is 17.7. The van der Waals surface area contributed by atoms with Crippen LogP contribution < -0.4 is 19.8 Å². The molecule has 0 bridgehead atoms. The van der Waals surface area contributed by atoms with Gasteiger partial charge in [0.1, 0.15) is 0 Å². The lowest BCUT2D eigenvalue weighted by Crippen LogP contribution is -2.20. The summed E-state index contributed by atoms with van der Waals surface area (Å²) in [5.74, 6) is 0.754. The van der Waals surface area contributed by atoms with Crippen molar-refractivity contribution in [1.82, 2.24) is 4.57 Å². The van der Waals surface area contributed by atoms with Crippen molar-refractivity contribution in [3.8, 4) is 11.5 Å². The monoisotopic (exact) mass is 352 g/mol. The predicted molar refractivity (Wildman–Crippen MR) is 91.3 cm³/mol. The minimum Gasteiger partial charge on any atom is -0.493 e. The number of hydrogen-bond acceptors (Lipinski definition) is 5. The van der Waals surface area contributed by atoms with Gasteiger partial charge in [-0.3, -0.25) is 9.52 Å². The fraction of sp³-hybridized carbons (Fsp3) is 0.312. The molecule has 0 aliphatic heterocycles. The Balaban J connectivity index is 2.35. The Kier molecular flexibility index (Phi) is 5.50. The van der Waals surface area contributed by atoms with Crippen molar-refractivity contribution >= 4 is 15.7 Å². The molecule has 1 aromatic heterocycles. The molecule has 0 atom stereocenters. The van der Waals surface area contributed by atoms with Crippen LogP contribution in [0.1, 0.15) is 13.3 Å². The van der Waals surface area contributed by atoms with Crippen LogP contribution in [0.2, 0.25) is 0 Å². The van der Waals surface area contributed by atoms with E-state index in [0.717, 1.165) is 6.42 Å². The summed E-state index contributed by atoms with van der Waals surface area (Å²) in [6.07, 6.45) is 2.26. The quantitative estimate of drug-likeness (QED) is 0.824. The molecule has 7 nitrogen and oxygen atoms in total. The van der Waals surface area contributed by atoms with Gasteiger partial charge in [-0.05, 0) is 24.6 Å². The summed E-state index contributed by atoms with van der Waals surface area (Å²) >= 11 is 0. The van der Waals surface area contributed by atoms with Crippen LogP contribution in [0.4, 0.5) is 5.69 Å². The minimum absolute atomic E-state index is 0.0355. The molecule has 2 rings (SSSR count).